The summed E-state index contributed by atoms with van der Waals surface area (Å²) in [4.78, 5) is 18.1. The van der Waals surface area contributed by atoms with E-state index in [0.717, 1.165) is 17.7 Å². The topological polar surface area (TPSA) is 54.5 Å². The predicted molar refractivity (Wildman–Crippen MR) is 90.1 cm³/mol. The number of alkyl halides is 3. The van der Waals surface area contributed by atoms with Gasteiger partial charge in [0.2, 0.25) is 5.88 Å². The van der Waals surface area contributed by atoms with E-state index in [4.69, 9.17) is 4.74 Å². The highest BCUT2D eigenvalue weighted by Crippen LogP contribution is 2.31. The van der Waals surface area contributed by atoms with E-state index in [9.17, 15) is 18.0 Å². The Balaban J connectivity index is 1.67. The van der Waals surface area contributed by atoms with Crippen LogP contribution in [0.3, 0.4) is 0 Å². The Morgan fingerprint density at radius 2 is 2.08 bits per heavy atom. The molecule has 1 atom stereocenters. The van der Waals surface area contributed by atoms with Gasteiger partial charge in [0.05, 0.1) is 0 Å². The van der Waals surface area contributed by atoms with Gasteiger partial charge in [0.1, 0.15) is 0 Å². The number of anilines is 1. The Hall–Kier alpha value is -2.77. The first-order valence-corrected chi connectivity index (χ1v) is 8.13. The minimum Gasteiger partial charge on any atom is -0.468 e. The zero-order chi connectivity index (χ0) is 18.7. The van der Waals surface area contributed by atoms with Crippen molar-refractivity contribution in [3.8, 4) is 5.88 Å². The standard InChI is InChI=1S/C18H18F3N3O2/c1-12-9-13-5-2-3-7-15(13)24(12)17(25)23-10-14-6-4-8-22-16(14)26-11-18(19,20)21/h2-8,12H,9-11H2,1H3,(H,23,25). The average molecular weight is 365 g/mol. The summed E-state index contributed by atoms with van der Waals surface area (Å²) in [7, 11) is 0. The molecule has 0 fully saturated rings. The molecule has 0 aliphatic carbocycles. The van der Waals surface area contributed by atoms with Crippen LogP contribution in [0.4, 0.5) is 23.7 Å². The molecule has 138 valence electrons. The lowest BCUT2D eigenvalue weighted by molar-refractivity contribution is -0.154. The highest BCUT2D eigenvalue weighted by Gasteiger charge is 2.31. The van der Waals surface area contributed by atoms with Gasteiger partial charge in [-0.25, -0.2) is 9.78 Å². The third-order valence-corrected chi connectivity index (χ3v) is 4.08. The smallest absolute Gasteiger partial charge is 0.422 e. The Bertz CT molecular complexity index is 795. The van der Waals surface area contributed by atoms with Crippen LogP contribution in [0.1, 0.15) is 18.1 Å². The van der Waals surface area contributed by atoms with Crippen molar-refractivity contribution in [2.24, 2.45) is 0 Å². The second-order valence-corrected chi connectivity index (χ2v) is 6.08. The summed E-state index contributed by atoms with van der Waals surface area (Å²) in [5.74, 6) is -0.139. The summed E-state index contributed by atoms with van der Waals surface area (Å²) in [6.45, 7) is 0.536. The highest BCUT2D eigenvalue weighted by molar-refractivity contribution is 5.94. The number of carbonyl (C=O) groups excluding carboxylic acids is 1. The monoisotopic (exact) mass is 365 g/mol. The lowest BCUT2D eigenvalue weighted by Gasteiger charge is -2.23. The summed E-state index contributed by atoms with van der Waals surface area (Å²) in [5, 5.41) is 2.74. The van der Waals surface area contributed by atoms with E-state index in [1.54, 1.807) is 17.0 Å². The fourth-order valence-electron chi connectivity index (χ4n) is 2.97. The number of fused-ring (bicyclic) bond motifs is 1. The van der Waals surface area contributed by atoms with E-state index < -0.39 is 12.8 Å². The number of carbonyl (C=O) groups is 1. The van der Waals surface area contributed by atoms with E-state index in [0.29, 0.717) is 5.56 Å². The van der Waals surface area contributed by atoms with Crippen LogP contribution in [0.15, 0.2) is 42.6 Å². The Labute approximate surface area is 148 Å². The molecule has 0 radical (unpaired) electrons. The summed E-state index contributed by atoms with van der Waals surface area (Å²) in [6, 6.07) is 10.5. The number of aromatic nitrogens is 1. The number of nitrogens with one attached hydrogen (secondary N) is 1. The van der Waals surface area contributed by atoms with Gasteiger partial charge < -0.3 is 10.1 Å². The van der Waals surface area contributed by atoms with Crippen molar-refractivity contribution in [3.05, 3.63) is 53.7 Å². The summed E-state index contributed by atoms with van der Waals surface area (Å²) < 4.78 is 41.8. The molecular weight excluding hydrogens is 347 g/mol. The number of urea groups is 1. The molecule has 0 spiro atoms. The molecule has 1 unspecified atom stereocenters. The first-order chi connectivity index (χ1) is 12.3. The van der Waals surface area contributed by atoms with E-state index >= 15 is 0 Å². The molecule has 2 aromatic rings. The molecule has 3 rings (SSSR count). The minimum absolute atomic E-state index is 0.00208. The number of para-hydroxylation sites is 1. The van der Waals surface area contributed by atoms with Crippen LogP contribution in [0.5, 0.6) is 5.88 Å². The van der Waals surface area contributed by atoms with Gasteiger partial charge in [0.15, 0.2) is 6.61 Å². The van der Waals surface area contributed by atoms with Gasteiger partial charge in [0, 0.05) is 30.0 Å². The third-order valence-electron chi connectivity index (χ3n) is 4.08. The lowest BCUT2D eigenvalue weighted by atomic mass is 10.1. The van der Waals surface area contributed by atoms with Crippen molar-refractivity contribution in [1.29, 1.82) is 0 Å². The van der Waals surface area contributed by atoms with Crippen molar-refractivity contribution in [3.63, 3.8) is 0 Å². The SMILES string of the molecule is CC1Cc2ccccc2N1C(=O)NCc1cccnc1OCC(F)(F)F. The van der Waals surface area contributed by atoms with E-state index in [2.05, 4.69) is 10.3 Å². The third kappa shape index (κ3) is 4.07. The van der Waals surface area contributed by atoms with Crippen molar-refractivity contribution in [2.75, 3.05) is 11.5 Å². The van der Waals surface area contributed by atoms with Crippen LogP contribution >= 0.6 is 0 Å². The number of amides is 2. The van der Waals surface area contributed by atoms with Gasteiger partial charge in [-0.2, -0.15) is 13.2 Å². The number of halogens is 3. The largest absolute Gasteiger partial charge is 0.468 e. The van der Waals surface area contributed by atoms with Gasteiger partial charge >= 0.3 is 12.2 Å². The van der Waals surface area contributed by atoms with Gasteiger partial charge in [-0.1, -0.05) is 24.3 Å². The number of hydrogen-bond donors (Lipinski definition) is 1. The van der Waals surface area contributed by atoms with E-state index in [1.165, 1.54) is 6.20 Å². The lowest BCUT2D eigenvalue weighted by Crippen LogP contribution is -2.43. The molecule has 2 amide bonds. The quantitative estimate of drug-likeness (QED) is 0.899. The van der Waals surface area contributed by atoms with Crippen molar-refractivity contribution >= 4 is 11.7 Å². The van der Waals surface area contributed by atoms with Crippen molar-refractivity contribution in [2.45, 2.75) is 32.1 Å². The molecule has 1 aliphatic heterocycles. The normalized spacial score (nSPS) is 16.3. The summed E-state index contributed by atoms with van der Waals surface area (Å²) >= 11 is 0. The molecule has 0 saturated carbocycles. The molecule has 1 N–H and O–H groups in total. The summed E-state index contributed by atoms with van der Waals surface area (Å²) in [6.07, 6.45) is -2.35. The maximum Gasteiger partial charge on any atom is 0.422 e. The second kappa shape index (κ2) is 7.23. The van der Waals surface area contributed by atoms with E-state index in [1.807, 2.05) is 31.2 Å². The number of hydrogen-bond acceptors (Lipinski definition) is 3. The van der Waals surface area contributed by atoms with Gasteiger partial charge in [-0.15, -0.1) is 0 Å². The molecule has 26 heavy (non-hydrogen) atoms. The molecule has 1 aromatic heterocycles. The predicted octanol–water partition coefficient (Wildman–Crippen LogP) is 3.68. The zero-order valence-electron chi connectivity index (χ0n) is 14.1. The molecule has 2 heterocycles. The van der Waals surface area contributed by atoms with Crippen LogP contribution in [-0.2, 0) is 13.0 Å². The Kier molecular flexibility index (Phi) is 5.01. The summed E-state index contributed by atoms with van der Waals surface area (Å²) in [5.41, 5.74) is 2.31. The molecule has 0 bridgehead atoms. The number of rotatable bonds is 4. The van der Waals surface area contributed by atoms with E-state index in [-0.39, 0.29) is 24.5 Å². The molecule has 5 nitrogen and oxygen atoms in total. The zero-order valence-corrected chi connectivity index (χ0v) is 14.1. The van der Waals surface area contributed by atoms with Crippen molar-refractivity contribution in [1.82, 2.24) is 10.3 Å². The Morgan fingerprint density at radius 3 is 2.85 bits per heavy atom. The van der Waals surface area contributed by atoms with Crippen LogP contribution in [0.2, 0.25) is 0 Å². The maximum atomic E-state index is 12.6. The van der Waals surface area contributed by atoms with Crippen LogP contribution in [0.25, 0.3) is 0 Å². The first-order valence-electron chi connectivity index (χ1n) is 8.13. The highest BCUT2D eigenvalue weighted by atomic mass is 19.4. The fraction of sp³-hybridized carbons (Fsp3) is 0.333. The molecule has 8 heteroatoms. The van der Waals surface area contributed by atoms with Crippen molar-refractivity contribution < 1.29 is 22.7 Å². The van der Waals surface area contributed by atoms with Gasteiger partial charge in [0.25, 0.3) is 0 Å². The first kappa shape index (κ1) is 18.0. The molecule has 1 aliphatic rings. The number of benzene rings is 1. The molecule has 1 aromatic carbocycles. The average Bonchev–Trinajstić information content (AvgIpc) is 2.93. The molecular formula is C18H18F3N3O2. The van der Waals surface area contributed by atoms with Gasteiger partial charge in [-0.05, 0) is 31.0 Å². The number of ether oxygens (including phenoxy) is 1. The minimum atomic E-state index is -4.45. The second-order valence-electron chi connectivity index (χ2n) is 6.08. The fourth-order valence-corrected chi connectivity index (χ4v) is 2.97. The van der Waals surface area contributed by atoms with Crippen LogP contribution in [0, 0.1) is 0 Å². The number of pyridine rings is 1. The van der Waals surface area contributed by atoms with Crippen LogP contribution in [-0.4, -0.2) is 29.8 Å². The number of nitrogens with zero attached hydrogens (tertiary/aromatic N) is 2. The van der Waals surface area contributed by atoms with Gasteiger partial charge in [-0.3, -0.25) is 4.90 Å². The van der Waals surface area contributed by atoms with Crippen LogP contribution < -0.4 is 15.0 Å². The maximum absolute atomic E-state index is 12.6. The Morgan fingerprint density at radius 1 is 1.31 bits per heavy atom. The molecule has 0 saturated heterocycles.